The molecule has 19 heavy (non-hydrogen) atoms. The standard InChI is InChI=1S/C13H14ClN3O2/c1-2-3-12(18)17-11-5-4-9(8-10(11)14)16-13(19)6-7-15/h4-5,8H,2-3,6H2,1H3,(H,16,19)(H,17,18). The maximum absolute atomic E-state index is 11.4. The Hall–Kier alpha value is -2.06. The minimum atomic E-state index is -0.402. The number of nitriles is 1. The quantitative estimate of drug-likeness (QED) is 0.869. The van der Waals surface area contributed by atoms with Crippen LogP contribution < -0.4 is 10.6 Å². The number of carbonyl (C=O) groups is 2. The van der Waals surface area contributed by atoms with E-state index in [9.17, 15) is 9.59 Å². The molecule has 6 heteroatoms. The molecule has 0 aliphatic carbocycles. The highest BCUT2D eigenvalue weighted by molar-refractivity contribution is 6.34. The van der Waals surface area contributed by atoms with Crippen LogP contribution in [0.1, 0.15) is 26.2 Å². The lowest BCUT2D eigenvalue weighted by Crippen LogP contribution is -2.12. The van der Waals surface area contributed by atoms with Crippen molar-refractivity contribution in [2.24, 2.45) is 0 Å². The first-order valence-corrected chi connectivity index (χ1v) is 6.20. The first kappa shape index (κ1) is 15.0. The van der Waals surface area contributed by atoms with Gasteiger partial charge in [-0.25, -0.2) is 0 Å². The van der Waals surface area contributed by atoms with Crippen LogP contribution in [0.25, 0.3) is 0 Å². The SMILES string of the molecule is CCCC(=O)Nc1ccc(NC(=O)CC#N)cc1Cl. The molecule has 0 unspecified atom stereocenters. The number of halogens is 1. The molecule has 0 radical (unpaired) electrons. The fourth-order valence-electron chi connectivity index (χ4n) is 1.41. The highest BCUT2D eigenvalue weighted by Crippen LogP contribution is 2.25. The summed E-state index contributed by atoms with van der Waals surface area (Å²) >= 11 is 6.00. The van der Waals surface area contributed by atoms with Crippen molar-refractivity contribution in [2.75, 3.05) is 10.6 Å². The van der Waals surface area contributed by atoms with Crippen molar-refractivity contribution < 1.29 is 9.59 Å². The lowest BCUT2D eigenvalue weighted by molar-refractivity contribution is -0.116. The van der Waals surface area contributed by atoms with Gasteiger partial charge in [0, 0.05) is 12.1 Å². The number of nitrogens with zero attached hydrogens (tertiary/aromatic N) is 1. The molecular weight excluding hydrogens is 266 g/mol. The molecular formula is C13H14ClN3O2. The van der Waals surface area contributed by atoms with E-state index in [1.54, 1.807) is 18.2 Å². The highest BCUT2D eigenvalue weighted by atomic mass is 35.5. The monoisotopic (exact) mass is 279 g/mol. The van der Waals surface area contributed by atoms with Crippen molar-refractivity contribution in [1.29, 1.82) is 5.26 Å². The molecule has 0 spiro atoms. The molecule has 5 nitrogen and oxygen atoms in total. The molecule has 0 aliphatic rings. The highest BCUT2D eigenvalue weighted by Gasteiger charge is 2.07. The van der Waals surface area contributed by atoms with Gasteiger partial charge >= 0.3 is 0 Å². The van der Waals surface area contributed by atoms with Gasteiger partial charge in [0.2, 0.25) is 11.8 Å². The average Bonchev–Trinajstić information content (AvgIpc) is 2.33. The third kappa shape index (κ3) is 4.98. The second-order valence-corrected chi connectivity index (χ2v) is 4.28. The maximum Gasteiger partial charge on any atom is 0.238 e. The molecule has 0 fully saturated rings. The molecule has 1 aromatic rings. The Morgan fingerprint density at radius 2 is 2.05 bits per heavy atom. The number of hydrogen-bond donors (Lipinski definition) is 2. The zero-order valence-electron chi connectivity index (χ0n) is 10.5. The van der Waals surface area contributed by atoms with Crippen LogP contribution in [-0.4, -0.2) is 11.8 Å². The average molecular weight is 280 g/mol. The predicted octanol–water partition coefficient (Wildman–Crippen LogP) is 2.93. The number of benzene rings is 1. The van der Waals surface area contributed by atoms with Gasteiger partial charge in [0.25, 0.3) is 0 Å². The molecule has 0 heterocycles. The van der Waals surface area contributed by atoms with Crippen LogP contribution in [0.2, 0.25) is 5.02 Å². The normalized spacial score (nSPS) is 9.53. The summed E-state index contributed by atoms with van der Waals surface area (Å²) in [5.41, 5.74) is 0.983. The summed E-state index contributed by atoms with van der Waals surface area (Å²) < 4.78 is 0. The molecule has 1 rings (SSSR count). The topological polar surface area (TPSA) is 82.0 Å². The number of amides is 2. The Morgan fingerprint density at radius 1 is 1.32 bits per heavy atom. The minimum Gasteiger partial charge on any atom is -0.325 e. The zero-order chi connectivity index (χ0) is 14.3. The lowest BCUT2D eigenvalue weighted by Gasteiger charge is -2.09. The summed E-state index contributed by atoms with van der Waals surface area (Å²) in [6, 6.07) is 6.50. The fraction of sp³-hybridized carbons (Fsp3) is 0.308. The van der Waals surface area contributed by atoms with E-state index in [1.165, 1.54) is 6.07 Å². The Balaban J connectivity index is 2.72. The van der Waals surface area contributed by atoms with E-state index in [1.807, 2.05) is 6.92 Å². The Labute approximate surface area is 116 Å². The Morgan fingerprint density at radius 3 is 2.63 bits per heavy atom. The van der Waals surface area contributed by atoms with Gasteiger partial charge in [0.1, 0.15) is 6.42 Å². The number of rotatable bonds is 5. The summed E-state index contributed by atoms with van der Waals surface area (Å²) in [4.78, 5) is 22.7. The van der Waals surface area contributed by atoms with E-state index in [4.69, 9.17) is 16.9 Å². The summed E-state index contributed by atoms with van der Waals surface area (Å²) in [5.74, 6) is -0.507. The van der Waals surface area contributed by atoms with Gasteiger partial charge in [-0.3, -0.25) is 9.59 Å². The second kappa shape index (κ2) is 7.39. The van der Waals surface area contributed by atoms with E-state index < -0.39 is 5.91 Å². The second-order valence-electron chi connectivity index (χ2n) is 3.88. The number of carbonyl (C=O) groups excluding carboxylic acids is 2. The van der Waals surface area contributed by atoms with E-state index >= 15 is 0 Å². The van der Waals surface area contributed by atoms with Crippen LogP contribution in [0.15, 0.2) is 18.2 Å². The summed E-state index contributed by atoms with van der Waals surface area (Å²) in [7, 11) is 0. The Bertz CT molecular complexity index is 523. The van der Waals surface area contributed by atoms with Gasteiger partial charge in [-0.1, -0.05) is 18.5 Å². The van der Waals surface area contributed by atoms with Crippen molar-refractivity contribution >= 4 is 34.8 Å². The molecule has 0 aliphatic heterocycles. The van der Waals surface area contributed by atoms with Gasteiger partial charge in [-0.15, -0.1) is 0 Å². The Kier molecular flexibility index (Phi) is 5.83. The molecule has 0 atom stereocenters. The van der Waals surface area contributed by atoms with Crippen LogP contribution in [-0.2, 0) is 9.59 Å². The van der Waals surface area contributed by atoms with Crippen LogP contribution in [0.5, 0.6) is 0 Å². The lowest BCUT2D eigenvalue weighted by atomic mass is 10.2. The van der Waals surface area contributed by atoms with Gasteiger partial charge < -0.3 is 10.6 Å². The van der Waals surface area contributed by atoms with Crippen LogP contribution >= 0.6 is 11.6 Å². The third-order valence-electron chi connectivity index (χ3n) is 2.24. The van der Waals surface area contributed by atoms with Gasteiger partial charge in [-0.2, -0.15) is 5.26 Å². The van der Waals surface area contributed by atoms with Crippen LogP contribution in [0, 0.1) is 11.3 Å². The molecule has 0 saturated carbocycles. The number of anilines is 2. The predicted molar refractivity (Wildman–Crippen MR) is 73.8 cm³/mol. The van der Waals surface area contributed by atoms with Crippen molar-refractivity contribution in [1.82, 2.24) is 0 Å². The summed E-state index contributed by atoms with van der Waals surface area (Å²) in [6.45, 7) is 1.91. The van der Waals surface area contributed by atoms with Crippen molar-refractivity contribution in [3.05, 3.63) is 23.2 Å². The van der Waals surface area contributed by atoms with Crippen molar-refractivity contribution in [3.63, 3.8) is 0 Å². The van der Waals surface area contributed by atoms with E-state index in [2.05, 4.69) is 10.6 Å². The molecule has 100 valence electrons. The molecule has 1 aromatic carbocycles. The van der Waals surface area contributed by atoms with Gasteiger partial charge in [-0.05, 0) is 24.6 Å². The molecule has 0 saturated heterocycles. The number of hydrogen-bond acceptors (Lipinski definition) is 3. The van der Waals surface area contributed by atoms with E-state index in [-0.39, 0.29) is 12.3 Å². The smallest absolute Gasteiger partial charge is 0.238 e. The third-order valence-corrected chi connectivity index (χ3v) is 2.56. The van der Waals surface area contributed by atoms with Crippen LogP contribution in [0.4, 0.5) is 11.4 Å². The first-order chi connectivity index (χ1) is 9.06. The maximum atomic E-state index is 11.4. The largest absolute Gasteiger partial charge is 0.325 e. The van der Waals surface area contributed by atoms with E-state index in [0.29, 0.717) is 22.8 Å². The van der Waals surface area contributed by atoms with Crippen molar-refractivity contribution in [3.8, 4) is 6.07 Å². The first-order valence-electron chi connectivity index (χ1n) is 5.83. The summed E-state index contributed by atoms with van der Waals surface area (Å²) in [6.07, 6.45) is 0.968. The molecule has 0 bridgehead atoms. The van der Waals surface area contributed by atoms with Gasteiger partial charge in [0.05, 0.1) is 16.8 Å². The van der Waals surface area contributed by atoms with Gasteiger partial charge in [0.15, 0.2) is 0 Å². The molecule has 2 amide bonds. The van der Waals surface area contributed by atoms with Crippen LogP contribution in [0.3, 0.4) is 0 Å². The van der Waals surface area contributed by atoms with Crippen molar-refractivity contribution in [2.45, 2.75) is 26.2 Å². The molecule has 0 aromatic heterocycles. The summed E-state index contributed by atoms with van der Waals surface area (Å²) in [5, 5.41) is 13.9. The fourth-order valence-corrected chi connectivity index (χ4v) is 1.64. The number of nitrogens with one attached hydrogen (secondary N) is 2. The molecule has 2 N–H and O–H groups in total. The van der Waals surface area contributed by atoms with E-state index in [0.717, 1.165) is 6.42 Å². The minimum absolute atomic E-state index is 0.106. The zero-order valence-corrected chi connectivity index (χ0v) is 11.3.